The van der Waals surface area contributed by atoms with Gasteiger partial charge in [-0.15, -0.1) is 0 Å². The summed E-state index contributed by atoms with van der Waals surface area (Å²) in [6.45, 7) is 2.38. The third-order valence-electron chi connectivity index (χ3n) is 2.73. The monoisotopic (exact) mass is 302 g/mol. The molecule has 1 heterocycles. The van der Waals surface area contributed by atoms with E-state index >= 15 is 0 Å². The van der Waals surface area contributed by atoms with Gasteiger partial charge < -0.3 is 15.8 Å². The van der Waals surface area contributed by atoms with Gasteiger partial charge in [-0.2, -0.15) is 0 Å². The fourth-order valence-corrected chi connectivity index (χ4v) is 2.46. The number of rotatable bonds is 3. The Morgan fingerprint density at radius 1 is 1.42 bits per heavy atom. The molecule has 1 aromatic carbocycles. The van der Waals surface area contributed by atoms with Crippen LogP contribution in [-0.2, 0) is 4.74 Å². The first-order chi connectivity index (χ1) is 9.00. The zero-order valence-corrected chi connectivity index (χ0v) is 11.7. The molecule has 0 spiro atoms. The SMILES string of the molecule is C[C@H](OC1=C(N)NCC=C1)c1c(Cl)ccc(F)c1Cl. The molecule has 19 heavy (non-hydrogen) atoms. The summed E-state index contributed by atoms with van der Waals surface area (Å²) in [4.78, 5) is 0. The van der Waals surface area contributed by atoms with Gasteiger partial charge in [0.05, 0.1) is 5.02 Å². The smallest absolute Gasteiger partial charge is 0.159 e. The fourth-order valence-electron chi connectivity index (χ4n) is 1.78. The van der Waals surface area contributed by atoms with E-state index in [2.05, 4.69) is 5.32 Å². The van der Waals surface area contributed by atoms with E-state index in [1.54, 1.807) is 13.0 Å². The molecule has 0 saturated heterocycles. The van der Waals surface area contributed by atoms with Gasteiger partial charge in [-0.1, -0.05) is 29.3 Å². The van der Waals surface area contributed by atoms with Gasteiger partial charge in [0.2, 0.25) is 0 Å². The maximum atomic E-state index is 13.5. The highest BCUT2D eigenvalue weighted by Gasteiger charge is 2.20. The van der Waals surface area contributed by atoms with Gasteiger partial charge >= 0.3 is 0 Å². The van der Waals surface area contributed by atoms with Crippen molar-refractivity contribution in [2.45, 2.75) is 13.0 Å². The molecule has 6 heteroatoms. The molecule has 0 saturated carbocycles. The molecule has 3 nitrogen and oxygen atoms in total. The molecule has 1 aliphatic heterocycles. The third-order valence-corrected chi connectivity index (χ3v) is 3.45. The molecular weight excluding hydrogens is 290 g/mol. The van der Waals surface area contributed by atoms with Crippen LogP contribution in [0.2, 0.25) is 10.0 Å². The molecule has 1 aliphatic rings. The summed E-state index contributed by atoms with van der Waals surface area (Å²) in [5.41, 5.74) is 6.17. The number of nitrogens with one attached hydrogen (secondary N) is 1. The van der Waals surface area contributed by atoms with Crippen molar-refractivity contribution in [2.75, 3.05) is 6.54 Å². The summed E-state index contributed by atoms with van der Waals surface area (Å²) >= 11 is 12.0. The number of benzene rings is 1. The standard InChI is InChI=1S/C13H13Cl2FN2O/c1-7(19-10-3-2-6-18-13(10)17)11-8(14)4-5-9(16)12(11)15/h2-5,7,18H,6,17H2,1H3/t7-/m0/s1. The second kappa shape index (κ2) is 5.72. The highest BCUT2D eigenvalue weighted by atomic mass is 35.5. The quantitative estimate of drug-likeness (QED) is 0.840. The second-order valence-corrected chi connectivity index (χ2v) is 4.86. The van der Waals surface area contributed by atoms with E-state index in [0.29, 0.717) is 28.7 Å². The van der Waals surface area contributed by atoms with Crippen LogP contribution >= 0.6 is 23.2 Å². The maximum absolute atomic E-state index is 13.5. The topological polar surface area (TPSA) is 47.3 Å². The van der Waals surface area contributed by atoms with Crippen molar-refractivity contribution < 1.29 is 9.13 Å². The minimum absolute atomic E-state index is 0.0353. The number of halogens is 3. The Hall–Kier alpha value is -1.39. The van der Waals surface area contributed by atoms with Crippen molar-refractivity contribution in [3.8, 4) is 0 Å². The summed E-state index contributed by atoms with van der Waals surface area (Å²) in [6, 6.07) is 2.67. The van der Waals surface area contributed by atoms with Crippen molar-refractivity contribution in [1.82, 2.24) is 5.32 Å². The lowest BCUT2D eigenvalue weighted by atomic mass is 10.1. The van der Waals surface area contributed by atoms with Crippen molar-refractivity contribution in [2.24, 2.45) is 5.73 Å². The van der Waals surface area contributed by atoms with Gasteiger partial charge in [0, 0.05) is 17.1 Å². The van der Waals surface area contributed by atoms with Crippen LogP contribution in [0.25, 0.3) is 0 Å². The van der Waals surface area contributed by atoms with Crippen LogP contribution in [0, 0.1) is 5.82 Å². The van der Waals surface area contributed by atoms with Gasteiger partial charge in [-0.05, 0) is 25.1 Å². The predicted octanol–water partition coefficient (Wildman–Crippen LogP) is 3.50. The van der Waals surface area contributed by atoms with Crippen molar-refractivity contribution in [1.29, 1.82) is 0 Å². The molecule has 0 amide bonds. The van der Waals surface area contributed by atoms with E-state index in [1.165, 1.54) is 12.1 Å². The molecular formula is C13H13Cl2FN2O. The average molecular weight is 303 g/mol. The van der Waals surface area contributed by atoms with Crippen LogP contribution in [0.4, 0.5) is 4.39 Å². The van der Waals surface area contributed by atoms with Crippen LogP contribution in [0.1, 0.15) is 18.6 Å². The lowest BCUT2D eigenvalue weighted by Crippen LogP contribution is -2.25. The van der Waals surface area contributed by atoms with E-state index in [9.17, 15) is 4.39 Å². The van der Waals surface area contributed by atoms with E-state index < -0.39 is 11.9 Å². The minimum atomic E-state index is -0.532. The highest BCUT2D eigenvalue weighted by Crippen LogP contribution is 2.35. The molecule has 0 aromatic heterocycles. The average Bonchev–Trinajstić information content (AvgIpc) is 2.37. The summed E-state index contributed by atoms with van der Waals surface area (Å²) in [7, 11) is 0. The molecule has 102 valence electrons. The number of ether oxygens (including phenoxy) is 1. The molecule has 0 aliphatic carbocycles. The molecule has 1 aromatic rings. The Labute approximate surface area is 120 Å². The number of hydrogen-bond donors (Lipinski definition) is 2. The second-order valence-electron chi connectivity index (χ2n) is 4.08. The molecule has 2 rings (SSSR count). The summed E-state index contributed by atoms with van der Waals surface area (Å²) in [5, 5.41) is 3.25. The van der Waals surface area contributed by atoms with Crippen molar-refractivity contribution in [3.05, 3.63) is 57.3 Å². The number of allylic oxidation sites excluding steroid dienone is 1. The molecule has 0 radical (unpaired) electrons. The summed E-state index contributed by atoms with van der Waals surface area (Å²) in [5.74, 6) is 0.379. The lowest BCUT2D eigenvalue weighted by Gasteiger charge is -2.21. The third kappa shape index (κ3) is 2.96. The number of hydrogen-bond acceptors (Lipinski definition) is 3. The van der Waals surface area contributed by atoms with E-state index in [1.807, 2.05) is 6.08 Å². The first-order valence-electron chi connectivity index (χ1n) is 5.71. The van der Waals surface area contributed by atoms with E-state index in [0.717, 1.165) is 0 Å². The molecule has 1 atom stereocenters. The zero-order valence-electron chi connectivity index (χ0n) is 10.2. The fraction of sp³-hybridized carbons (Fsp3) is 0.231. The zero-order chi connectivity index (χ0) is 14.0. The number of dihydropyridines is 1. The van der Waals surface area contributed by atoms with E-state index in [-0.39, 0.29) is 5.02 Å². The van der Waals surface area contributed by atoms with Gasteiger partial charge in [-0.25, -0.2) is 4.39 Å². The maximum Gasteiger partial charge on any atom is 0.159 e. The van der Waals surface area contributed by atoms with Crippen LogP contribution in [0.3, 0.4) is 0 Å². The van der Waals surface area contributed by atoms with Gasteiger partial charge in [0.15, 0.2) is 5.76 Å². The molecule has 0 bridgehead atoms. The Morgan fingerprint density at radius 3 is 2.84 bits per heavy atom. The Kier molecular flexibility index (Phi) is 4.22. The minimum Gasteiger partial charge on any atom is -0.482 e. The van der Waals surface area contributed by atoms with Crippen LogP contribution < -0.4 is 11.1 Å². The van der Waals surface area contributed by atoms with Gasteiger partial charge in [0.1, 0.15) is 17.7 Å². The lowest BCUT2D eigenvalue weighted by molar-refractivity contribution is 0.138. The Morgan fingerprint density at radius 2 is 2.16 bits per heavy atom. The summed E-state index contributed by atoms with van der Waals surface area (Å²) in [6.07, 6.45) is 3.10. The highest BCUT2D eigenvalue weighted by molar-refractivity contribution is 6.36. The predicted molar refractivity (Wildman–Crippen MR) is 74.3 cm³/mol. The van der Waals surface area contributed by atoms with Crippen molar-refractivity contribution >= 4 is 23.2 Å². The van der Waals surface area contributed by atoms with Crippen LogP contribution in [-0.4, -0.2) is 6.54 Å². The first-order valence-corrected chi connectivity index (χ1v) is 6.46. The van der Waals surface area contributed by atoms with Gasteiger partial charge in [0.25, 0.3) is 0 Å². The van der Waals surface area contributed by atoms with Gasteiger partial charge in [-0.3, -0.25) is 0 Å². The van der Waals surface area contributed by atoms with Crippen LogP contribution in [0.5, 0.6) is 0 Å². The largest absolute Gasteiger partial charge is 0.482 e. The Balaban J connectivity index is 2.28. The molecule has 3 N–H and O–H groups in total. The van der Waals surface area contributed by atoms with Crippen molar-refractivity contribution in [3.63, 3.8) is 0 Å². The molecule has 0 fully saturated rings. The summed E-state index contributed by atoms with van der Waals surface area (Å²) < 4.78 is 19.1. The van der Waals surface area contributed by atoms with E-state index in [4.69, 9.17) is 33.7 Å². The van der Waals surface area contributed by atoms with Crippen LogP contribution in [0.15, 0.2) is 35.9 Å². The normalized spacial score (nSPS) is 16.2. The first kappa shape index (κ1) is 14.0. The number of nitrogens with two attached hydrogens (primary N) is 1. The Bertz CT molecular complexity index is 558. The molecule has 0 unspecified atom stereocenters.